The van der Waals surface area contributed by atoms with Crippen molar-refractivity contribution in [3.63, 3.8) is 0 Å². The zero-order chi connectivity index (χ0) is 24.2. The normalized spacial score (nSPS) is 20.7. The zero-order valence-corrected chi connectivity index (χ0v) is 21.0. The first-order valence-corrected chi connectivity index (χ1v) is 13.3. The van der Waals surface area contributed by atoms with Gasteiger partial charge in [0.2, 0.25) is 6.79 Å². The van der Waals surface area contributed by atoms with Gasteiger partial charge in [0.1, 0.15) is 0 Å². The Kier molecular flexibility index (Phi) is 5.13. The molecular weight excluding hydrogens is 470 g/mol. The quantitative estimate of drug-likeness (QED) is 0.369. The lowest BCUT2D eigenvalue weighted by atomic mass is 9.84. The van der Waals surface area contributed by atoms with Crippen molar-refractivity contribution in [2.24, 2.45) is 11.8 Å². The third-order valence-electron chi connectivity index (χ3n) is 7.51. The van der Waals surface area contributed by atoms with E-state index in [1.165, 1.54) is 11.1 Å². The fourth-order valence-electron chi connectivity index (χ4n) is 5.92. The molecule has 2 bridgehead atoms. The van der Waals surface area contributed by atoms with Crippen LogP contribution in [0.5, 0.6) is 11.5 Å². The summed E-state index contributed by atoms with van der Waals surface area (Å²) >= 11 is 1.77. The van der Waals surface area contributed by atoms with Gasteiger partial charge >= 0.3 is 0 Å². The molecule has 4 aromatic rings. The van der Waals surface area contributed by atoms with Crippen molar-refractivity contribution in [2.75, 3.05) is 37.9 Å². The molecule has 0 radical (unpaired) electrons. The van der Waals surface area contributed by atoms with Gasteiger partial charge in [-0.25, -0.2) is 4.98 Å². The van der Waals surface area contributed by atoms with E-state index in [1.54, 1.807) is 11.3 Å². The standard InChI is InChI=1S/C29H27N3O3S/c1-18-6-8-22(21-7-9-25-26(12-21)35-17-34-25)23(10-18)28(33)31-13-19-11-20(14-31)16-32(15-19)29-30-24-4-2-3-5-27(24)36-29/h2-10,12,19-20H,11,13-17H2,1H3. The maximum Gasteiger partial charge on any atom is 0.254 e. The number of carbonyl (C=O) groups excluding carboxylic acids is 1. The fourth-order valence-corrected chi connectivity index (χ4v) is 6.90. The molecule has 0 aliphatic carbocycles. The van der Waals surface area contributed by atoms with Crippen molar-refractivity contribution in [1.82, 2.24) is 9.88 Å². The van der Waals surface area contributed by atoms with Crippen molar-refractivity contribution in [1.29, 1.82) is 0 Å². The lowest BCUT2D eigenvalue weighted by molar-refractivity contribution is 0.0565. The Morgan fingerprint density at radius 1 is 0.944 bits per heavy atom. The number of nitrogens with zero attached hydrogens (tertiary/aromatic N) is 3. The first kappa shape index (κ1) is 21.7. The molecule has 2 fully saturated rings. The van der Waals surface area contributed by atoms with Crippen molar-refractivity contribution in [3.05, 3.63) is 71.8 Å². The molecule has 2 unspecified atom stereocenters. The summed E-state index contributed by atoms with van der Waals surface area (Å²) in [7, 11) is 0. The molecule has 1 amide bonds. The predicted octanol–water partition coefficient (Wildman–Crippen LogP) is 5.60. The van der Waals surface area contributed by atoms with Gasteiger partial charge in [0, 0.05) is 31.7 Å². The molecular formula is C29H27N3O3S. The van der Waals surface area contributed by atoms with Crippen molar-refractivity contribution < 1.29 is 14.3 Å². The van der Waals surface area contributed by atoms with Gasteiger partial charge < -0.3 is 19.3 Å². The van der Waals surface area contributed by atoms with Crippen LogP contribution in [0.2, 0.25) is 0 Å². The monoisotopic (exact) mass is 497 g/mol. The van der Waals surface area contributed by atoms with Crippen molar-refractivity contribution in [2.45, 2.75) is 13.3 Å². The SMILES string of the molecule is Cc1ccc(-c2ccc3c(c2)OCO3)c(C(=O)N2CC3CC(C2)CN(c2nc4ccccc4s2)C3)c1. The zero-order valence-electron chi connectivity index (χ0n) is 20.1. The molecule has 2 saturated heterocycles. The van der Waals surface area contributed by atoms with E-state index in [1.807, 2.05) is 37.3 Å². The molecule has 4 heterocycles. The van der Waals surface area contributed by atoms with Crippen LogP contribution in [0.4, 0.5) is 5.13 Å². The summed E-state index contributed by atoms with van der Waals surface area (Å²) in [5.41, 5.74) is 4.83. The second kappa shape index (κ2) is 8.52. The summed E-state index contributed by atoms with van der Waals surface area (Å²) in [4.78, 5) is 23.3. The minimum atomic E-state index is 0.120. The Morgan fingerprint density at radius 3 is 2.58 bits per heavy atom. The first-order chi connectivity index (χ1) is 17.6. The second-order valence-electron chi connectivity index (χ2n) is 10.2. The predicted molar refractivity (Wildman–Crippen MR) is 142 cm³/mol. The van der Waals surface area contributed by atoms with E-state index >= 15 is 0 Å². The number of amides is 1. The van der Waals surface area contributed by atoms with Crippen LogP contribution in [-0.4, -0.2) is 48.8 Å². The van der Waals surface area contributed by atoms with Crippen LogP contribution in [0.25, 0.3) is 21.3 Å². The van der Waals surface area contributed by atoms with Gasteiger partial charge in [-0.05, 0) is 66.6 Å². The number of ether oxygens (including phenoxy) is 2. The summed E-state index contributed by atoms with van der Waals surface area (Å²) in [6.45, 7) is 5.74. The van der Waals surface area contributed by atoms with Gasteiger partial charge in [0.05, 0.1) is 10.2 Å². The third kappa shape index (κ3) is 3.78. The smallest absolute Gasteiger partial charge is 0.254 e. The third-order valence-corrected chi connectivity index (χ3v) is 8.61. The largest absolute Gasteiger partial charge is 0.454 e. The summed E-state index contributed by atoms with van der Waals surface area (Å²) in [5, 5.41) is 1.11. The van der Waals surface area contributed by atoms with Crippen LogP contribution in [-0.2, 0) is 0 Å². The highest BCUT2D eigenvalue weighted by molar-refractivity contribution is 7.22. The Bertz CT molecular complexity index is 1430. The number of hydrogen-bond donors (Lipinski definition) is 0. The van der Waals surface area contributed by atoms with Crippen molar-refractivity contribution >= 4 is 32.6 Å². The van der Waals surface area contributed by atoms with Crippen LogP contribution in [0, 0.1) is 18.8 Å². The lowest BCUT2D eigenvalue weighted by Crippen LogP contribution is -2.54. The number of benzene rings is 3. The summed E-state index contributed by atoms with van der Waals surface area (Å²) in [5.74, 6) is 2.50. The Morgan fingerprint density at radius 2 is 1.75 bits per heavy atom. The molecule has 3 aliphatic rings. The average Bonchev–Trinajstić information content (AvgIpc) is 3.54. The number of rotatable bonds is 3. The van der Waals surface area contributed by atoms with Crippen molar-refractivity contribution in [3.8, 4) is 22.6 Å². The van der Waals surface area contributed by atoms with Gasteiger partial charge in [0.15, 0.2) is 16.6 Å². The van der Waals surface area contributed by atoms with E-state index in [-0.39, 0.29) is 12.7 Å². The molecule has 7 rings (SSSR count). The first-order valence-electron chi connectivity index (χ1n) is 12.5. The van der Waals surface area contributed by atoms with Gasteiger partial charge in [0.25, 0.3) is 5.91 Å². The van der Waals surface area contributed by atoms with E-state index in [9.17, 15) is 4.79 Å². The highest BCUT2D eigenvalue weighted by atomic mass is 32.1. The average molecular weight is 498 g/mol. The second-order valence-corrected chi connectivity index (χ2v) is 11.2. The van der Waals surface area contributed by atoms with Gasteiger partial charge in [-0.1, -0.05) is 47.2 Å². The minimum Gasteiger partial charge on any atom is -0.454 e. The molecule has 0 spiro atoms. The molecule has 3 aliphatic heterocycles. The van der Waals surface area contributed by atoms with E-state index < -0.39 is 0 Å². The molecule has 182 valence electrons. The van der Waals surface area contributed by atoms with Crippen LogP contribution < -0.4 is 14.4 Å². The van der Waals surface area contributed by atoms with Crippen LogP contribution in [0.3, 0.4) is 0 Å². The molecule has 2 atom stereocenters. The number of hydrogen-bond acceptors (Lipinski definition) is 6. The molecule has 6 nitrogen and oxygen atoms in total. The van der Waals surface area contributed by atoms with Gasteiger partial charge in [-0.2, -0.15) is 0 Å². The van der Waals surface area contributed by atoms with Crippen LogP contribution in [0.15, 0.2) is 60.7 Å². The van der Waals surface area contributed by atoms with Crippen LogP contribution in [0.1, 0.15) is 22.3 Å². The Balaban J connectivity index is 1.14. The number of carbonyl (C=O) groups is 1. The number of anilines is 1. The number of piperidine rings is 2. The number of thiazole rings is 1. The number of fused-ring (bicyclic) bond motifs is 4. The minimum absolute atomic E-state index is 0.120. The molecule has 7 heteroatoms. The molecule has 0 N–H and O–H groups in total. The maximum absolute atomic E-state index is 13.9. The molecule has 0 saturated carbocycles. The van der Waals surface area contributed by atoms with Gasteiger partial charge in [-0.3, -0.25) is 4.79 Å². The van der Waals surface area contributed by atoms with E-state index in [0.29, 0.717) is 11.8 Å². The highest BCUT2D eigenvalue weighted by Gasteiger charge is 2.37. The summed E-state index contributed by atoms with van der Waals surface area (Å²) in [6.07, 6.45) is 1.17. The van der Waals surface area contributed by atoms with E-state index in [2.05, 4.69) is 40.1 Å². The molecule has 3 aromatic carbocycles. The summed E-state index contributed by atoms with van der Waals surface area (Å²) < 4.78 is 12.3. The van der Waals surface area contributed by atoms with E-state index in [4.69, 9.17) is 14.5 Å². The molecule has 36 heavy (non-hydrogen) atoms. The van der Waals surface area contributed by atoms with Gasteiger partial charge in [-0.15, -0.1) is 0 Å². The Hall–Kier alpha value is -3.58. The number of aryl methyl sites for hydroxylation is 1. The number of aromatic nitrogens is 1. The summed E-state index contributed by atoms with van der Waals surface area (Å²) in [6, 6.07) is 20.4. The topological polar surface area (TPSA) is 54.9 Å². The number of likely N-dealkylation sites (tertiary alicyclic amines) is 1. The molecule has 1 aromatic heterocycles. The number of para-hydroxylation sites is 1. The van der Waals surface area contributed by atoms with Crippen LogP contribution >= 0.6 is 11.3 Å². The van der Waals surface area contributed by atoms with E-state index in [0.717, 1.165) is 70.6 Å². The highest BCUT2D eigenvalue weighted by Crippen LogP contribution is 2.39. The Labute approximate surface area is 214 Å². The fraction of sp³-hybridized carbons (Fsp3) is 0.310. The lowest BCUT2D eigenvalue weighted by Gasteiger charge is -2.46. The maximum atomic E-state index is 13.9.